The molecule has 0 fully saturated rings. The third-order valence-electron chi connectivity index (χ3n) is 1.33. The average Bonchev–Trinajstić information content (AvgIpc) is 2.04. The van der Waals surface area contributed by atoms with Gasteiger partial charge < -0.3 is 0 Å². The fourth-order valence-electron chi connectivity index (χ4n) is 0.813. The normalized spacial score (nSPS) is 9.55. The molecule has 0 N–H and O–H groups in total. The number of hydrogen-bond acceptors (Lipinski definition) is 2. The van der Waals surface area contributed by atoms with Crippen molar-refractivity contribution in [3.8, 4) is 0 Å². The molecule has 0 heterocycles. The second kappa shape index (κ2) is 3.56. The third kappa shape index (κ3) is 1.82. The van der Waals surface area contributed by atoms with E-state index in [4.69, 9.17) is 0 Å². The number of aromatic carboxylic acids is 1. The number of carbonyl (C=O) groups is 1. The van der Waals surface area contributed by atoms with Crippen LogP contribution in [0.4, 0.5) is 0 Å². The van der Waals surface area contributed by atoms with Crippen molar-refractivity contribution >= 4 is 25.4 Å². The number of carbonyl (C=O) groups excluding carboxylic acids is 1. The van der Waals surface area contributed by atoms with Crippen molar-refractivity contribution in [1.82, 2.24) is 0 Å². The van der Waals surface area contributed by atoms with Gasteiger partial charge in [0.05, 0.1) is 0 Å². The molecule has 0 amide bonds. The minimum atomic E-state index is -1.08. The van der Waals surface area contributed by atoms with Crippen LogP contribution in [0.15, 0.2) is 24.3 Å². The molecule has 0 unspecified atom stereocenters. The summed E-state index contributed by atoms with van der Waals surface area (Å²) in [6, 6.07) is 6.95. The van der Waals surface area contributed by atoms with Crippen LogP contribution in [0.25, 0.3) is 0 Å². The van der Waals surface area contributed by atoms with Gasteiger partial charge >= 0.3 is 70.9 Å². The monoisotopic (exact) mass is 215 g/mol. The summed E-state index contributed by atoms with van der Waals surface area (Å²) < 4.78 is 0.889. The van der Waals surface area contributed by atoms with Gasteiger partial charge in [-0.15, -0.1) is 0 Å². The Morgan fingerprint density at radius 3 is 2.55 bits per heavy atom. The molecule has 2 nitrogen and oxygen atoms in total. The zero-order chi connectivity index (χ0) is 8.27. The van der Waals surface area contributed by atoms with Crippen LogP contribution in [0, 0.1) is 0 Å². The first-order valence-electron chi connectivity index (χ1n) is 3.10. The van der Waals surface area contributed by atoms with Crippen LogP contribution in [0.3, 0.4) is 0 Å². The van der Waals surface area contributed by atoms with Gasteiger partial charge in [-0.05, 0) is 0 Å². The van der Waals surface area contributed by atoms with E-state index in [1.54, 1.807) is 12.1 Å². The van der Waals surface area contributed by atoms with Crippen molar-refractivity contribution in [3.63, 3.8) is 0 Å². The number of carboxylic acids is 1. The van der Waals surface area contributed by atoms with Crippen LogP contribution in [-0.4, -0.2) is 20.9 Å². The summed E-state index contributed by atoms with van der Waals surface area (Å²) in [5.41, 5.74) is 0.329. The van der Waals surface area contributed by atoms with Gasteiger partial charge in [0.15, 0.2) is 0 Å². The first kappa shape index (κ1) is 8.31. The molecule has 0 radical (unpaired) electrons. The summed E-state index contributed by atoms with van der Waals surface area (Å²) in [6.07, 6.45) is 0. The van der Waals surface area contributed by atoms with Gasteiger partial charge in [0.1, 0.15) is 0 Å². The predicted octanol–water partition coefficient (Wildman–Crippen LogP) is -0.572. The average molecular weight is 214 g/mol. The Morgan fingerprint density at radius 2 is 2.09 bits per heavy atom. The summed E-state index contributed by atoms with van der Waals surface area (Å²) in [7, 11) is 0. The fourth-order valence-corrected chi connectivity index (χ4v) is 2.04. The summed E-state index contributed by atoms with van der Waals surface area (Å²) in [5, 5.41) is 10.5. The molecule has 11 heavy (non-hydrogen) atoms. The molecule has 58 valence electrons. The van der Waals surface area contributed by atoms with Crippen molar-refractivity contribution in [2.75, 3.05) is 0 Å². The minimum absolute atomic E-state index is 0.219. The Balaban J connectivity index is 3.12. The van der Waals surface area contributed by atoms with Crippen LogP contribution in [0.2, 0.25) is 5.82 Å². The second-order valence-corrected chi connectivity index (χ2v) is 3.77. The molecule has 1 aromatic carbocycles. The van der Waals surface area contributed by atoms with Gasteiger partial charge in [-0.25, -0.2) is 0 Å². The summed E-state index contributed by atoms with van der Waals surface area (Å²) >= 11 is 0.219. The Labute approximate surface area is 71.4 Å². The Bertz CT molecular complexity index is 271. The molecule has 0 saturated carbocycles. The summed E-state index contributed by atoms with van der Waals surface area (Å²) in [6.45, 7) is 0. The van der Waals surface area contributed by atoms with Gasteiger partial charge in [-0.2, -0.15) is 0 Å². The Morgan fingerprint density at radius 1 is 1.45 bits per heavy atom. The zero-order valence-electron chi connectivity index (χ0n) is 6.03. The summed E-state index contributed by atoms with van der Waals surface area (Å²) in [5.74, 6) is 0.902. The zero-order valence-corrected chi connectivity index (χ0v) is 7.75. The molecule has 0 aliphatic rings. The standard InChI is InChI=1S/C8H8O2Se/c1-11-7-5-3-2-4-6(7)8(9)10/h2-5H,1H3,(H,9,10)/p-1. The van der Waals surface area contributed by atoms with E-state index in [2.05, 4.69) is 0 Å². The van der Waals surface area contributed by atoms with E-state index < -0.39 is 5.97 Å². The van der Waals surface area contributed by atoms with E-state index in [1.807, 2.05) is 18.0 Å². The van der Waals surface area contributed by atoms with Gasteiger partial charge in [-0.1, -0.05) is 0 Å². The van der Waals surface area contributed by atoms with E-state index in [0.29, 0.717) is 5.56 Å². The van der Waals surface area contributed by atoms with Crippen LogP contribution in [-0.2, 0) is 0 Å². The maximum absolute atomic E-state index is 10.5. The fraction of sp³-hybridized carbons (Fsp3) is 0.125. The van der Waals surface area contributed by atoms with Gasteiger partial charge in [0, 0.05) is 0 Å². The molecule has 0 spiro atoms. The molecule has 0 saturated heterocycles. The maximum atomic E-state index is 10.5. The van der Waals surface area contributed by atoms with Crippen LogP contribution in [0.1, 0.15) is 10.4 Å². The second-order valence-electron chi connectivity index (χ2n) is 1.99. The summed E-state index contributed by atoms with van der Waals surface area (Å²) in [4.78, 5) is 10.5. The van der Waals surface area contributed by atoms with Crippen molar-refractivity contribution < 1.29 is 9.90 Å². The Hall–Kier alpha value is -0.791. The molecular formula is C8H7O2Se-. The van der Waals surface area contributed by atoms with Gasteiger partial charge in [-0.3, -0.25) is 0 Å². The van der Waals surface area contributed by atoms with Crippen molar-refractivity contribution in [2.45, 2.75) is 5.82 Å². The molecule has 0 atom stereocenters. The Kier molecular flexibility index (Phi) is 2.69. The van der Waals surface area contributed by atoms with E-state index >= 15 is 0 Å². The number of rotatable bonds is 2. The quantitative estimate of drug-likeness (QED) is 0.618. The SMILES string of the molecule is C[Se]c1ccccc1C(=O)[O-]. The molecule has 0 bridgehead atoms. The number of hydrogen-bond donors (Lipinski definition) is 0. The van der Waals surface area contributed by atoms with E-state index in [-0.39, 0.29) is 15.0 Å². The molecule has 0 aliphatic carbocycles. The number of carboxylic acid groups (broad SMARTS) is 1. The van der Waals surface area contributed by atoms with Crippen molar-refractivity contribution in [3.05, 3.63) is 29.8 Å². The first-order chi connectivity index (χ1) is 5.25. The number of benzene rings is 1. The predicted molar refractivity (Wildman–Crippen MR) is 42.0 cm³/mol. The van der Waals surface area contributed by atoms with E-state index in [1.165, 1.54) is 0 Å². The molecule has 1 aromatic rings. The topological polar surface area (TPSA) is 40.1 Å². The van der Waals surface area contributed by atoms with Crippen LogP contribution < -0.4 is 9.57 Å². The third-order valence-corrected chi connectivity index (χ3v) is 3.00. The van der Waals surface area contributed by atoms with Crippen LogP contribution >= 0.6 is 0 Å². The van der Waals surface area contributed by atoms with Gasteiger partial charge in [0.2, 0.25) is 0 Å². The van der Waals surface area contributed by atoms with E-state index in [9.17, 15) is 9.90 Å². The van der Waals surface area contributed by atoms with Crippen LogP contribution in [0.5, 0.6) is 0 Å². The van der Waals surface area contributed by atoms with E-state index in [0.717, 1.165) is 4.46 Å². The van der Waals surface area contributed by atoms with Crippen molar-refractivity contribution in [2.24, 2.45) is 0 Å². The first-order valence-corrected chi connectivity index (χ1v) is 5.67. The molecule has 0 aromatic heterocycles. The van der Waals surface area contributed by atoms with Gasteiger partial charge in [0.25, 0.3) is 0 Å². The van der Waals surface area contributed by atoms with Crippen molar-refractivity contribution in [1.29, 1.82) is 0 Å². The molecule has 1 rings (SSSR count). The molecule has 0 aliphatic heterocycles. The molecular weight excluding hydrogens is 207 g/mol. The molecule has 3 heteroatoms.